The molecule has 0 saturated carbocycles. The lowest BCUT2D eigenvalue weighted by molar-refractivity contribution is -0.132. The lowest BCUT2D eigenvalue weighted by Gasteiger charge is -2.22. The van der Waals surface area contributed by atoms with E-state index >= 15 is 0 Å². The molecule has 20 heavy (non-hydrogen) atoms. The van der Waals surface area contributed by atoms with Crippen molar-refractivity contribution < 1.29 is 14.4 Å². The predicted molar refractivity (Wildman–Crippen MR) is 77.3 cm³/mol. The third kappa shape index (κ3) is 7.73. The van der Waals surface area contributed by atoms with Crippen molar-refractivity contribution in [3.8, 4) is 0 Å². The second-order valence-corrected chi connectivity index (χ2v) is 4.54. The molecule has 0 rings (SSSR count). The minimum Gasteiger partial charge on any atom is -0.342 e. The van der Waals surface area contributed by atoms with E-state index in [0.29, 0.717) is 19.6 Å². The first kappa shape index (κ1) is 18.4. The van der Waals surface area contributed by atoms with Crippen LogP contribution in [0.3, 0.4) is 0 Å². The van der Waals surface area contributed by atoms with Gasteiger partial charge in [-0.15, -0.1) is 0 Å². The normalized spacial score (nSPS) is 10.2. The molecule has 0 bridgehead atoms. The van der Waals surface area contributed by atoms with Crippen LogP contribution in [-0.4, -0.2) is 67.4 Å². The third-order valence-corrected chi connectivity index (χ3v) is 2.72. The molecule has 0 saturated heterocycles. The fourth-order valence-electron chi connectivity index (χ4n) is 1.66. The maximum atomic E-state index is 11.8. The van der Waals surface area contributed by atoms with E-state index in [1.807, 2.05) is 20.8 Å². The first-order valence-electron chi connectivity index (χ1n) is 6.98. The SMILES string of the molecule is CCCNC(=O)NC(=O)CN(C)CC(=O)N(CC)CC. The highest BCUT2D eigenvalue weighted by atomic mass is 16.2. The van der Waals surface area contributed by atoms with E-state index in [2.05, 4.69) is 10.6 Å². The molecule has 2 N–H and O–H groups in total. The molecule has 7 heteroatoms. The summed E-state index contributed by atoms with van der Waals surface area (Å²) in [7, 11) is 1.67. The van der Waals surface area contributed by atoms with Crippen molar-refractivity contribution in [1.82, 2.24) is 20.4 Å². The van der Waals surface area contributed by atoms with Gasteiger partial charge in [0.05, 0.1) is 13.1 Å². The summed E-state index contributed by atoms with van der Waals surface area (Å²) in [5, 5.41) is 4.77. The standard InChI is InChI=1S/C13H26N4O3/c1-5-8-14-13(20)15-11(18)9-16(4)10-12(19)17(6-2)7-3/h5-10H2,1-4H3,(H2,14,15,18,20). The van der Waals surface area contributed by atoms with Crippen molar-refractivity contribution >= 4 is 17.8 Å². The minimum absolute atomic E-state index is 0.00650. The Morgan fingerprint density at radius 3 is 2.10 bits per heavy atom. The zero-order valence-electron chi connectivity index (χ0n) is 12.9. The van der Waals surface area contributed by atoms with Gasteiger partial charge in [-0.05, 0) is 27.3 Å². The number of nitrogens with one attached hydrogen (secondary N) is 2. The second-order valence-electron chi connectivity index (χ2n) is 4.54. The van der Waals surface area contributed by atoms with E-state index in [4.69, 9.17) is 0 Å². The van der Waals surface area contributed by atoms with Crippen molar-refractivity contribution in [2.45, 2.75) is 27.2 Å². The highest BCUT2D eigenvalue weighted by molar-refractivity contribution is 5.95. The van der Waals surface area contributed by atoms with E-state index < -0.39 is 11.9 Å². The summed E-state index contributed by atoms with van der Waals surface area (Å²) < 4.78 is 0. The average molecular weight is 286 g/mol. The summed E-state index contributed by atoms with van der Waals surface area (Å²) in [6.07, 6.45) is 0.805. The quantitative estimate of drug-likeness (QED) is 0.659. The number of hydrogen-bond donors (Lipinski definition) is 2. The summed E-state index contributed by atoms with van der Waals surface area (Å²) in [6.45, 7) is 7.73. The fourth-order valence-corrected chi connectivity index (χ4v) is 1.66. The van der Waals surface area contributed by atoms with Gasteiger partial charge in [-0.1, -0.05) is 6.92 Å². The van der Waals surface area contributed by atoms with Crippen molar-refractivity contribution in [3.05, 3.63) is 0 Å². The van der Waals surface area contributed by atoms with Crippen molar-refractivity contribution in [2.24, 2.45) is 0 Å². The highest BCUT2D eigenvalue weighted by Gasteiger charge is 2.15. The molecule has 116 valence electrons. The smallest absolute Gasteiger partial charge is 0.321 e. The zero-order valence-corrected chi connectivity index (χ0v) is 12.9. The summed E-state index contributed by atoms with van der Waals surface area (Å²) in [4.78, 5) is 38.0. The Labute approximate surface area is 120 Å². The fraction of sp³-hybridized carbons (Fsp3) is 0.769. The number of likely N-dealkylation sites (N-methyl/N-ethyl adjacent to an activating group) is 2. The Morgan fingerprint density at radius 2 is 1.60 bits per heavy atom. The molecule has 0 aromatic rings. The molecule has 0 aliphatic carbocycles. The van der Waals surface area contributed by atoms with Gasteiger partial charge in [0.1, 0.15) is 0 Å². The van der Waals surface area contributed by atoms with E-state index in [1.165, 1.54) is 0 Å². The molecule has 0 aromatic carbocycles. The lowest BCUT2D eigenvalue weighted by Crippen LogP contribution is -2.46. The van der Waals surface area contributed by atoms with Crippen molar-refractivity contribution in [1.29, 1.82) is 0 Å². The molecule has 0 heterocycles. The Balaban J connectivity index is 4.07. The van der Waals surface area contributed by atoms with Gasteiger partial charge in [0, 0.05) is 19.6 Å². The van der Waals surface area contributed by atoms with Crippen LogP contribution in [0.4, 0.5) is 4.79 Å². The van der Waals surface area contributed by atoms with Gasteiger partial charge in [0.2, 0.25) is 11.8 Å². The number of rotatable bonds is 8. The molecule has 0 aromatic heterocycles. The largest absolute Gasteiger partial charge is 0.342 e. The van der Waals surface area contributed by atoms with Gasteiger partial charge in [0.25, 0.3) is 0 Å². The van der Waals surface area contributed by atoms with E-state index in [9.17, 15) is 14.4 Å². The van der Waals surface area contributed by atoms with Gasteiger partial charge in [-0.25, -0.2) is 4.79 Å². The van der Waals surface area contributed by atoms with E-state index in [0.717, 1.165) is 6.42 Å². The molecule has 4 amide bonds. The van der Waals surface area contributed by atoms with Gasteiger partial charge in [-0.3, -0.25) is 19.8 Å². The number of urea groups is 1. The Bertz CT molecular complexity index is 330. The molecular weight excluding hydrogens is 260 g/mol. The summed E-state index contributed by atoms with van der Waals surface area (Å²) in [6, 6.07) is -0.500. The van der Waals surface area contributed by atoms with E-state index in [1.54, 1.807) is 16.8 Å². The van der Waals surface area contributed by atoms with Crippen LogP contribution in [0.25, 0.3) is 0 Å². The predicted octanol–water partition coefficient (Wildman–Crippen LogP) is 0.0224. The third-order valence-electron chi connectivity index (χ3n) is 2.72. The summed E-state index contributed by atoms with van der Waals surface area (Å²) in [5.41, 5.74) is 0. The minimum atomic E-state index is -0.500. The maximum Gasteiger partial charge on any atom is 0.321 e. The Kier molecular flexibility index (Phi) is 9.36. The monoisotopic (exact) mass is 286 g/mol. The van der Waals surface area contributed by atoms with Crippen LogP contribution < -0.4 is 10.6 Å². The average Bonchev–Trinajstić information content (AvgIpc) is 2.37. The number of imide groups is 1. The highest BCUT2D eigenvalue weighted by Crippen LogP contribution is 1.92. The molecule has 0 radical (unpaired) electrons. The van der Waals surface area contributed by atoms with Crippen LogP contribution >= 0.6 is 0 Å². The number of carbonyl (C=O) groups is 3. The first-order chi connectivity index (χ1) is 9.44. The second kappa shape index (κ2) is 10.2. The zero-order chi connectivity index (χ0) is 15.5. The Hall–Kier alpha value is -1.63. The van der Waals surface area contributed by atoms with Gasteiger partial charge in [0.15, 0.2) is 0 Å². The first-order valence-corrected chi connectivity index (χ1v) is 6.98. The van der Waals surface area contributed by atoms with Gasteiger partial charge >= 0.3 is 6.03 Å². The lowest BCUT2D eigenvalue weighted by atomic mass is 10.4. The molecule has 0 spiro atoms. The van der Waals surface area contributed by atoms with Crippen LogP contribution in [0.5, 0.6) is 0 Å². The molecular formula is C13H26N4O3. The van der Waals surface area contributed by atoms with Crippen molar-refractivity contribution in [3.63, 3.8) is 0 Å². The molecule has 7 nitrogen and oxygen atoms in total. The molecule has 0 unspecified atom stereocenters. The van der Waals surface area contributed by atoms with Gasteiger partial charge < -0.3 is 10.2 Å². The summed E-state index contributed by atoms with van der Waals surface area (Å²) >= 11 is 0. The maximum absolute atomic E-state index is 11.8. The number of carbonyl (C=O) groups excluding carboxylic acids is 3. The molecule has 0 aliphatic rings. The summed E-state index contributed by atoms with van der Waals surface area (Å²) in [5.74, 6) is -0.450. The van der Waals surface area contributed by atoms with Crippen LogP contribution in [0, 0.1) is 0 Å². The molecule has 0 atom stereocenters. The number of nitrogens with zero attached hydrogens (tertiary/aromatic N) is 2. The number of amides is 4. The molecule has 0 fully saturated rings. The van der Waals surface area contributed by atoms with Crippen LogP contribution in [0.15, 0.2) is 0 Å². The van der Waals surface area contributed by atoms with Crippen LogP contribution in [-0.2, 0) is 9.59 Å². The topological polar surface area (TPSA) is 81.8 Å². The number of hydrogen-bond acceptors (Lipinski definition) is 4. The Morgan fingerprint density at radius 1 is 1.00 bits per heavy atom. The molecule has 0 aliphatic heterocycles. The van der Waals surface area contributed by atoms with Crippen LogP contribution in [0.2, 0.25) is 0 Å². The van der Waals surface area contributed by atoms with Crippen molar-refractivity contribution in [2.75, 3.05) is 39.8 Å². The van der Waals surface area contributed by atoms with Gasteiger partial charge in [-0.2, -0.15) is 0 Å². The van der Waals surface area contributed by atoms with E-state index in [-0.39, 0.29) is 19.0 Å². The van der Waals surface area contributed by atoms with Crippen LogP contribution in [0.1, 0.15) is 27.2 Å².